The summed E-state index contributed by atoms with van der Waals surface area (Å²) in [5.74, 6) is -0.0757. The molecular weight excluding hydrogens is 488 g/mol. The quantitative estimate of drug-likeness (QED) is 0.224. The molecule has 9 atom stereocenters. The van der Waals surface area contributed by atoms with E-state index < -0.39 is 24.1 Å². The number of nitrogens with one attached hydrogen (secondary N) is 2. The Morgan fingerprint density at radius 3 is 2.53 bits per heavy atom. The number of rotatable bonds is 10. The van der Waals surface area contributed by atoms with Crippen molar-refractivity contribution < 1.29 is 33.6 Å². The summed E-state index contributed by atoms with van der Waals surface area (Å²) in [6, 6.07) is -0.305. The van der Waals surface area contributed by atoms with Crippen LogP contribution in [0.5, 0.6) is 0 Å². The van der Waals surface area contributed by atoms with Crippen molar-refractivity contribution in [3.05, 3.63) is 36.0 Å². The second-order valence-corrected chi connectivity index (χ2v) is 11.3. The van der Waals surface area contributed by atoms with E-state index in [9.17, 15) is 14.7 Å². The summed E-state index contributed by atoms with van der Waals surface area (Å²) in [5, 5.41) is 16.5. The molecular formula is C29H46N2O7. The third-order valence-electron chi connectivity index (χ3n) is 7.64. The number of aliphatic hydroxyl groups is 1. The summed E-state index contributed by atoms with van der Waals surface area (Å²) in [6.07, 6.45) is 9.55. The summed E-state index contributed by atoms with van der Waals surface area (Å²) < 4.78 is 23.0. The fraction of sp³-hybridized carbons (Fsp3) is 0.724. The van der Waals surface area contributed by atoms with Crippen LogP contribution in [0.25, 0.3) is 0 Å². The third kappa shape index (κ3) is 8.23. The van der Waals surface area contributed by atoms with Crippen LogP contribution in [-0.4, -0.2) is 79.0 Å². The maximum Gasteiger partial charge on any atom is 0.244 e. The molecule has 0 radical (unpaired) electrons. The zero-order valence-electron chi connectivity index (χ0n) is 23.8. The van der Waals surface area contributed by atoms with Gasteiger partial charge in [-0.2, -0.15) is 0 Å². The number of epoxide rings is 1. The van der Waals surface area contributed by atoms with Crippen molar-refractivity contribution in [2.45, 2.75) is 109 Å². The molecule has 9 heteroatoms. The normalized spacial score (nSPS) is 36.7. The average Bonchev–Trinajstić information content (AvgIpc) is 3.64. The molecule has 1 spiro atoms. The Balaban J connectivity index is 1.46. The Hall–Kier alpha value is -2.04. The first-order chi connectivity index (χ1) is 17.9. The third-order valence-corrected chi connectivity index (χ3v) is 7.64. The molecule has 2 amide bonds. The lowest BCUT2D eigenvalue weighted by molar-refractivity contribution is -0.219. The van der Waals surface area contributed by atoms with Gasteiger partial charge in [-0.15, -0.1) is 0 Å². The van der Waals surface area contributed by atoms with E-state index in [2.05, 4.69) is 23.6 Å². The van der Waals surface area contributed by atoms with E-state index in [1.807, 2.05) is 46.8 Å². The minimum absolute atomic E-state index is 0.0424. The van der Waals surface area contributed by atoms with Crippen LogP contribution < -0.4 is 10.6 Å². The highest BCUT2D eigenvalue weighted by Crippen LogP contribution is 2.42. The first-order valence-electron chi connectivity index (χ1n) is 13.7. The molecule has 0 bridgehead atoms. The molecule has 0 saturated carbocycles. The molecule has 3 N–H and O–H groups in total. The monoisotopic (exact) mass is 534 g/mol. The summed E-state index contributed by atoms with van der Waals surface area (Å²) in [4.78, 5) is 24.3. The minimum Gasteiger partial charge on any atom is -0.387 e. The van der Waals surface area contributed by atoms with Gasteiger partial charge in [0.1, 0.15) is 17.8 Å². The molecule has 0 aromatic heterocycles. The Morgan fingerprint density at radius 1 is 1.18 bits per heavy atom. The highest BCUT2D eigenvalue weighted by molar-refractivity contribution is 5.88. The van der Waals surface area contributed by atoms with E-state index in [1.165, 1.54) is 6.08 Å². The van der Waals surface area contributed by atoms with Gasteiger partial charge in [-0.3, -0.25) is 9.59 Å². The van der Waals surface area contributed by atoms with Gasteiger partial charge in [-0.25, -0.2) is 0 Å². The van der Waals surface area contributed by atoms with Crippen molar-refractivity contribution in [2.24, 2.45) is 11.8 Å². The fourth-order valence-corrected chi connectivity index (χ4v) is 4.90. The molecule has 0 aromatic rings. The smallest absolute Gasteiger partial charge is 0.244 e. The summed E-state index contributed by atoms with van der Waals surface area (Å²) in [7, 11) is 1.60. The number of amides is 2. The number of carbonyl (C=O) groups excluding carboxylic acids is 2. The maximum atomic E-state index is 12.5. The van der Waals surface area contributed by atoms with Gasteiger partial charge in [0.05, 0.1) is 24.9 Å². The zero-order chi connectivity index (χ0) is 28.0. The van der Waals surface area contributed by atoms with Crippen LogP contribution in [-0.2, 0) is 28.5 Å². The number of ether oxygens (including phenoxy) is 4. The van der Waals surface area contributed by atoms with Gasteiger partial charge >= 0.3 is 0 Å². The molecule has 3 saturated heterocycles. The molecule has 38 heavy (non-hydrogen) atoms. The predicted octanol–water partition coefficient (Wildman–Crippen LogP) is 2.79. The van der Waals surface area contributed by atoms with Crippen molar-refractivity contribution in [2.75, 3.05) is 13.7 Å². The second kappa shape index (κ2) is 13.3. The molecule has 214 valence electrons. The fourth-order valence-electron chi connectivity index (χ4n) is 4.90. The molecule has 0 aromatic carbocycles. The molecule has 0 unspecified atom stereocenters. The lowest BCUT2D eigenvalue weighted by Crippen LogP contribution is -2.50. The van der Waals surface area contributed by atoms with Crippen molar-refractivity contribution in [1.82, 2.24) is 10.6 Å². The zero-order valence-corrected chi connectivity index (χ0v) is 23.8. The minimum atomic E-state index is -0.718. The topological polar surface area (TPSA) is 119 Å². The number of methoxy groups -OCH3 is 1. The van der Waals surface area contributed by atoms with Crippen molar-refractivity contribution in [3.63, 3.8) is 0 Å². The van der Waals surface area contributed by atoms with E-state index in [4.69, 9.17) is 18.9 Å². The first kappa shape index (κ1) is 30.5. The van der Waals surface area contributed by atoms with Crippen molar-refractivity contribution >= 4 is 11.8 Å². The van der Waals surface area contributed by atoms with Crippen LogP contribution in [0.2, 0.25) is 0 Å². The number of hydrogen-bond acceptors (Lipinski definition) is 7. The molecule has 3 fully saturated rings. The Morgan fingerprint density at radius 2 is 1.89 bits per heavy atom. The lowest BCUT2D eigenvalue weighted by Gasteiger charge is -2.39. The van der Waals surface area contributed by atoms with Gasteiger partial charge in [0.2, 0.25) is 11.8 Å². The SMILES string of the molecule is CO[C@@H]1C[C@@]2(CO2)[C@H](O)[C@@H](/C=C/C(C)=C/C[C@@H]2O[C@H](C)[C@H](NC(=O)/C=C\[C@H](C)NC(=O)C(C)C)C[C@@H]2C)O1. The van der Waals surface area contributed by atoms with Gasteiger partial charge in [0.25, 0.3) is 0 Å². The Bertz CT molecular complexity index is 911. The van der Waals surface area contributed by atoms with E-state index in [1.54, 1.807) is 13.2 Å². The van der Waals surface area contributed by atoms with Crippen molar-refractivity contribution in [3.8, 4) is 0 Å². The number of aliphatic hydroxyl groups excluding tert-OH is 1. The molecule has 3 aliphatic rings. The molecule has 9 nitrogen and oxygen atoms in total. The molecule has 3 rings (SSSR count). The maximum absolute atomic E-state index is 12.5. The van der Waals surface area contributed by atoms with Gasteiger partial charge in [0, 0.05) is 31.6 Å². The molecule has 0 aliphatic carbocycles. The number of carbonyl (C=O) groups is 2. The van der Waals surface area contributed by atoms with Gasteiger partial charge < -0.3 is 34.7 Å². The van der Waals surface area contributed by atoms with Crippen LogP contribution in [0.3, 0.4) is 0 Å². The standard InChI is InChI=1S/C29H46N2O7/c1-17(2)28(34)30-20(5)10-13-25(32)31-22-14-19(4)23(37-21(22)6)11-8-18(3)9-12-24-27(33)29(16-36-29)15-26(35-7)38-24/h8-10,12-13,17,19-24,26-27,33H,11,14-16H2,1-7H3,(H,30,34)(H,31,32)/b12-9+,13-10-,18-8+/t19-,20-,21+,22+,23-,24+,26-,27+,29+/m0/s1. The van der Waals surface area contributed by atoms with E-state index in [0.717, 1.165) is 18.4 Å². The summed E-state index contributed by atoms with van der Waals surface area (Å²) in [5.41, 5.74) is 0.505. The van der Waals surface area contributed by atoms with Crippen LogP contribution in [0.15, 0.2) is 36.0 Å². The van der Waals surface area contributed by atoms with E-state index >= 15 is 0 Å². The van der Waals surface area contributed by atoms with Crippen LogP contribution in [0, 0.1) is 11.8 Å². The Kier molecular flexibility index (Phi) is 10.7. The van der Waals surface area contributed by atoms with E-state index in [-0.39, 0.29) is 47.9 Å². The lowest BCUT2D eigenvalue weighted by atomic mass is 9.88. The largest absolute Gasteiger partial charge is 0.387 e. The van der Waals surface area contributed by atoms with Gasteiger partial charge in [-0.1, -0.05) is 50.6 Å². The first-order valence-corrected chi connectivity index (χ1v) is 13.7. The van der Waals surface area contributed by atoms with Gasteiger partial charge in [-0.05, 0) is 39.5 Å². The highest BCUT2D eigenvalue weighted by Gasteiger charge is 2.58. The summed E-state index contributed by atoms with van der Waals surface area (Å²) in [6.45, 7) is 12.2. The number of allylic oxidation sites excluding steroid dienone is 2. The predicted molar refractivity (Wildman–Crippen MR) is 144 cm³/mol. The molecule has 3 heterocycles. The van der Waals surface area contributed by atoms with Crippen LogP contribution >= 0.6 is 0 Å². The number of hydrogen-bond donors (Lipinski definition) is 3. The Labute approximate surface area is 227 Å². The van der Waals surface area contributed by atoms with E-state index in [0.29, 0.717) is 13.0 Å². The average molecular weight is 535 g/mol. The summed E-state index contributed by atoms with van der Waals surface area (Å²) >= 11 is 0. The molecule has 3 aliphatic heterocycles. The van der Waals surface area contributed by atoms with Crippen LogP contribution in [0.1, 0.15) is 60.8 Å². The van der Waals surface area contributed by atoms with Gasteiger partial charge in [0.15, 0.2) is 6.29 Å². The second-order valence-electron chi connectivity index (χ2n) is 11.3. The highest BCUT2D eigenvalue weighted by atomic mass is 16.7. The van der Waals surface area contributed by atoms with Crippen molar-refractivity contribution in [1.29, 1.82) is 0 Å². The van der Waals surface area contributed by atoms with Crippen LogP contribution in [0.4, 0.5) is 0 Å².